The number of rotatable bonds is 11. The third-order valence-electron chi connectivity index (χ3n) is 6.39. The van der Waals surface area contributed by atoms with Gasteiger partial charge in [-0.1, -0.05) is 54.8 Å². The van der Waals surface area contributed by atoms with Crippen LogP contribution in [0, 0.1) is 12.3 Å². The van der Waals surface area contributed by atoms with Crippen LogP contribution in [0.15, 0.2) is 33.3 Å². The molecule has 0 bridgehead atoms. The Hall–Kier alpha value is -1.93. The number of carboxylic acid groups (broad SMARTS) is 1. The van der Waals surface area contributed by atoms with Gasteiger partial charge in [-0.05, 0) is 61.1 Å². The van der Waals surface area contributed by atoms with Crippen molar-refractivity contribution in [2.75, 3.05) is 0 Å². The molecule has 7 nitrogen and oxygen atoms in total. The van der Waals surface area contributed by atoms with Crippen LogP contribution < -0.4 is 34.7 Å². The van der Waals surface area contributed by atoms with Crippen molar-refractivity contribution in [3.8, 4) is 11.5 Å². The predicted octanol–water partition coefficient (Wildman–Crippen LogP) is 2.58. The number of carbonyl (C=O) groups excluding carboxylic acids is 2. The van der Waals surface area contributed by atoms with Crippen LogP contribution >= 0.6 is 11.6 Å². The van der Waals surface area contributed by atoms with Gasteiger partial charge in [0.15, 0.2) is 11.5 Å². The van der Waals surface area contributed by atoms with Gasteiger partial charge < -0.3 is 18.9 Å². The van der Waals surface area contributed by atoms with Crippen LogP contribution in [0.2, 0.25) is 5.02 Å². The third kappa shape index (κ3) is 8.03. The SMILES string of the molecule is Cc1ccc(CC(=O)C[C@H](CCC(=O)[O-])c2noc(-c3cc(CC(C)(C)C)on3)c2C2CC2)c(Cl)c1.[Na+]. The maximum atomic E-state index is 13.1. The number of carbonyl (C=O) groups is 2. The normalized spacial score (nSPS) is 14.3. The molecule has 4 rings (SSSR count). The van der Waals surface area contributed by atoms with Gasteiger partial charge in [0, 0.05) is 47.8 Å². The molecule has 2 heterocycles. The standard InChI is InChI=1S/C28H33ClN2O5.Na/c1-16-5-6-18(22(29)11-16)12-20(32)13-19(9-10-24(33)34)26-25(17-7-8-17)27(36-31-26)23-14-21(35-30-23)15-28(2,3)4;/h5-6,11,14,17,19H,7-10,12-13,15H2,1-4H3,(H,33,34);/q;+1/p-1/t19-;/m0./s1. The number of aryl methyl sites for hydroxylation is 1. The van der Waals surface area contributed by atoms with E-state index in [0.717, 1.165) is 41.7 Å². The second-order valence-corrected chi connectivity index (χ2v) is 11.5. The van der Waals surface area contributed by atoms with Crippen molar-refractivity contribution in [2.24, 2.45) is 5.41 Å². The fourth-order valence-electron chi connectivity index (χ4n) is 4.56. The second kappa shape index (κ2) is 12.3. The number of benzene rings is 1. The third-order valence-corrected chi connectivity index (χ3v) is 6.74. The molecule has 0 N–H and O–H groups in total. The summed E-state index contributed by atoms with van der Waals surface area (Å²) >= 11 is 6.34. The van der Waals surface area contributed by atoms with Crippen LogP contribution in [0.1, 0.15) is 92.9 Å². The minimum Gasteiger partial charge on any atom is -0.550 e. The number of ketones is 1. The first-order valence-electron chi connectivity index (χ1n) is 12.4. The summed E-state index contributed by atoms with van der Waals surface area (Å²) in [5, 5.41) is 20.4. The van der Waals surface area contributed by atoms with Crippen molar-refractivity contribution in [3.63, 3.8) is 0 Å². The molecule has 1 atom stereocenters. The monoisotopic (exact) mass is 534 g/mol. The van der Waals surface area contributed by atoms with E-state index < -0.39 is 11.9 Å². The summed E-state index contributed by atoms with van der Waals surface area (Å²) in [6, 6.07) is 7.49. The summed E-state index contributed by atoms with van der Waals surface area (Å²) < 4.78 is 11.3. The fraction of sp³-hybridized carbons (Fsp3) is 0.500. The number of carboxylic acids is 1. The Labute approximate surface area is 244 Å². The Morgan fingerprint density at radius 1 is 1.16 bits per heavy atom. The molecule has 0 amide bonds. The van der Waals surface area contributed by atoms with Crippen molar-refractivity contribution < 1.29 is 53.3 Å². The molecule has 0 radical (unpaired) electrons. The van der Waals surface area contributed by atoms with Crippen LogP contribution in [0.5, 0.6) is 0 Å². The van der Waals surface area contributed by atoms with Crippen molar-refractivity contribution in [2.45, 2.75) is 84.5 Å². The maximum absolute atomic E-state index is 13.1. The Morgan fingerprint density at radius 2 is 1.89 bits per heavy atom. The van der Waals surface area contributed by atoms with Gasteiger partial charge in [0.2, 0.25) is 0 Å². The van der Waals surface area contributed by atoms with Gasteiger partial charge in [-0.3, -0.25) is 4.79 Å². The number of hydrogen-bond donors (Lipinski definition) is 0. The summed E-state index contributed by atoms with van der Waals surface area (Å²) in [5.74, 6) is -0.0529. The number of nitrogens with zero attached hydrogens (tertiary/aromatic N) is 2. The molecule has 1 aromatic carbocycles. The summed E-state index contributed by atoms with van der Waals surface area (Å²) in [4.78, 5) is 24.4. The van der Waals surface area contributed by atoms with Gasteiger partial charge in [-0.15, -0.1) is 0 Å². The molecular formula is C28H32ClN2NaO5. The molecule has 9 heteroatoms. The molecular weight excluding hydrogens is 503 g/mol. The van der Waals surface area contributed by atoms with Gasteiger partial charge in [0.05, 0.1) is 5.69 Å². The second-order valence-electron chi connectivity index (χ2n) is 11.1. The summed E-state index contributed by atoms with van der Waals surface area (Å²) in [6.45, 7) is 8.32. The van der Waals surface area contributed by atoms with E-state index >= 15 is 0 Å². The number of hydrogen-bond acceptors (Lipinski definition) is 7. The molecule has 3 aromatic rings. The van der Waals surface area contributed by atoms with E-state index in [1.54, 1.807) is 0 Å². The van der Waals surface area contributed by atoms with Crippen molar-refractivity contribution in [3.05, 3.63) is 57.4 Å². The summed E-state index contributed by atoms with van der Waals surface area (Å²) in [6.07, 6.45) is 3.05. The van der Waals surface area contributed by atoms with Crippen molar-refractivity contribution in [1.82, 2.24) is 10.3 Å². The molecule has 2 aromatic heterocycles. The molecule has 0 saturated heterocycles. The summed E-state index contributed by atoms with van der Waals surface area (Å²) in [5.41, 5.74) is 3.94. The van der Waals surface area contributed by atoms with Gasteiger partial charge in [0.1, 0.15) is 11.5 Å². The first kappa shape index (κ1) is 29.6. The van der Waals surface area contributed by atoms with E-state index in [1.807, 2.05) is 31.2 Å². The number of aliphatic carboxylic acids is 1. The minimum atomic E-state index is -1.16. The molecule has 1 saturated carbocycles. The van der Waals surface area contributed by atoms with E-state index in [9.17, 15) is 14.7 Å². The molecule has 0 aliphatic heterocycles. The smallest absolute Gasteiger partial charge is 0.550 e. The van der Waals surface area contributed by atoms with E-state index in [4.69, 9.17) is 20.6 Å². The zero-order valence-corrected chi connectivity index (χ0v) is 25.0. The van der Waals surface area contributed by atoms with Gasteiger partial charge in [0.25, 0.3) is 0 Å². The molecule has 0 spiro atoms. The molecule has 1 aliphatic rings. The van der Waals surface area contributed by atoms with Crippen LogP contribution in [0.4, 0.5) is 0 Å². The zero-order chi connectivity index (χ0) is 26.0. The van der Waals surface area contributed by atoms with Crippen LogP contribution in [-0.4, -0.2) is 22.1 Å². The Bertz CT molecular complexity index is 1260. The van der Waals surface area contributed by atoms with Crippen molar-refractivity contribution >= 4 is 23.4 Å². The Morgan fingerprint density at radius 3 is 2.51 bits per heavy atom. The van der Waals surface area contributed by atoms with Crippen LogP contribution in [-0.2, 0) is 22.4 Å². The molecule has 37 heavy (non-hydrogen) atoms. The van der Waals surface area contributed by atoms with Gasteiger partial charge >= 0.3 is 29.6 Å². The molecule has 0 unspecified atom stereocenters. The molecule has 1 aliphatic carbocycles. The van der Waals surface area contributed by atoms with E-state index in [1.165, 1.54) is 0 Å². The fourth-order valence-corrected chi connectivity index (χ4v) is 4.87. The Kier molecular flexibility index (Phi) is 9.84. The minimum absolute atomic E-state index is 0. The first-order valence-corrected chi connectivity index (χ1v) is 12.8. The average Bonchev–Trinajstić information content (AvgIpc) is 3.35. The molecule has 192 valence electrons. The number of halogens is 1. The van der Waals surface area contributed by atoms with E-state index in [2.05, 4.69) is 31.1 Å². The number of aromatic nitrogens is 2. The van der Waals surface area contributed by atoms with E-state index in [-0.39, 0.29) is 72.4 Å². The van der Waals surface area contributed by atoms with Crippen LogP contribution in [0.3, 0.4) is 0 Å². The Balaban J connectivity index is 0.00000380. The average molecular weight is 535 g/mol. The van der Waals surface area contributed by atoms with Crippen molar-refractivity contribution in [1.29, 1.82) is 0 Å². The predicted molar refractivity (Wildman–Crippen MR) is 134 cm³/mol. The molecule has 1 fully saturated rings. The van der Waals surface area contributed by atoms with E-state index in [0.29, 0.717) is 22.2 Å². The number of Topliss-reactive ketones (excluding diaryl/α,β-unsaturated/α-hetero) is 1. The topological polar surface area (TPSA) is 109 Å². The van der Waals surface area contributed by atoms with Crippen LogP contribution in [0.25, 0.3) is 11.5 Å². The van der Waals surface area contributed by atoms with Gasteiger partial charge in [-0.2, -0.15) is 0 Å². The first-order chi connectivity index (χ1) is 17.0. The largest absolute Gasteiger partial charge is 1.00 e. The quantitative estimate of drug-likeness (QED) is 0.348. The zero-order valence-electron chi connectivity index (χ0n) is 22.2. The van der Waals surface area contributed by atoms with Gasteiger partial charge in [-0.25, -0.2) is 0 Å². The maximum Gasteiger partial charge on any atom is 1.00 e. The summed E-state index contributed by atoms with van der Waals surface area (Å²) in [7, 11) is 0.